The molecular formula is C16H23NO4. The van der Waals surface area contributed by atoms with Crippen LogP contribution in [0.4, 0.5) is 10.5 Å². The number of nitrogens with zero attached hydrogens (tertiary/aromatic N) is 1. The van der Waals surface area contributed by atoms with Crippen LogP contribution in [0.1, 0.15) is 34.1 Å². The summed E-state index contributed by atoms with van der Waals surface area (Å²) in [5.41, 5.74) is 0.0716. The van der Waals surface area contributed by atoms with Crippen molar-refractivity contribution < 1.29 is 19.1 Å². The van der Waals surface area contributed by atoms with Gasteiger partial charge in [0.2, 0.25) is 0 Å². The standard InChI is InChI=1S/C16H23NO4/c1-12(10-11-18)17(15(19)21-16(2,3)4)13-6-8-14(20-5)9-7-13/h6-9,11-12H,10H2,1-5H3. The first kappa shape index (κ1) is 17.0. The molecule has 1 amide bonds. The van der Waals surface area contributed by atoms with E-state index in [1.807, 2.05) is 27.7 Å². The van der Waals surface area contributed by atoms with E-state index < -0.39 is 11.7 Å². The van der Waals surface area contributed by atoms with Crippen LogP contribution in [0.25, 0.3) is 0 Å². The Bertz CT molecular complexity index is 476. The summed E-state index contributed by atoms with van der Waals surface area (Å²) >= 11 is 0. The first-order chi connectivity index (χ1) is 9.78. The summed E-state index contributed by atoms with van der Waals surface area (Å²) in [6.45, 7) is 7.23. The number of hydrogen-bond acceptors (Lipinski definition) is 4. The van der Waals surface area contributed by atoms with Gasteiger partial charge in [0.25, 0.3) is 0 Å². The highest BCUT2D eigenvalue weighted by Crippen LogP contribution is 2.24. The van der Waals surface area contributed by atoms with Gasteiger partial charge in [-0.2, -0.15) is 0 Å². The fourth-order valence-corrected chi connectivity index (χ4v) is 1.84. The molecule has 0 aliphatic carbocycles. The SMILES string of the molecule is COc1ccc(N(C(=O)OC(C)(C)C)C(C)CC=O)cc1. The molecule has 0 aliphatic heterocycles. The minimum atomic E-state index is -0.595. The van der Waals surface area contributed by atoms with Gasteiger partial charge in [0.15, 0.2) is 0 Å². The van der Waals surface area contributed by atoms with Crippen LogP contribution in [-0.4, -0.2) is 31.1 Å². The van der Waals surface area contributed by atoms with Crippen molar-refractivity contribution in [1.29, 1.82) is 0 Å². The zero-order valence-corrected chi connectivity index (χ0v) is 13.3. The van der Waals surface area contributed by atoms with Gasteiger partial charge in [-0.1, -0.05) is 0 Å². The second-order valence-corrected chi connectivity index (χ2v) is 5.80. The molecule has 1 atom stereocenters. The van der Waals surface area contributed by atoms with E-state index in [0.29, 0.717) is 11.4 Å². The third kappa shape index (κ3) is 5.10. The van der Waals surface area contributed by atoms with E-state index in [1.54, 1.807) is 31.4 Å². The third-order valence-electron chi connectivity index (χ3n) is 2.82. The minimum absolute atomic E-state index is 0.241. The van der Waals surface area contributed by atoms with Crippen molar-refractivity contribution in [2.75, 3.05) is 12.0 Å². The van der Waals surface area contributed by atoms with Crippen molar-refractivity contribution in [3.05, 3.63) is 24.3 Å². The lowest BCUT2D eigenvalue weighted by Gasteiger charge is -2.31. The molecular weight excluding hydrogens is 270 g/mol. The molecule has 0 N–H and O–H groups in total. The normalized spacial score (nSPS) is 12.4. The average Bonchev–Trinajstić information content (AvgIpc) is 2.38. The van der Waals surface area contributed by atoms with Crippen LogP contribution in [-0.2, 0) is 9.53 Å². The molecule has 1 aromatic rings. The molecule has 0 fully saturated rings. The quantitative estimate of drug-likeness (QED) is 0.781. The van der Waals surface area contributed by atoms with Crippen LogP contribution < -0.4 is 9.64 Å². The third-order valence-corrected chi connectivity index (χ3v) is 2.82. The summed E-state index contributed by atoms with van der Waals surface area (Å²) < 4.78 is 10.5. The molecule has 0 saturated carbocycles. The summed E-state index contributed by atoms with van der Waals surface area (Å²) in [6.07, 6.45) is 0.568. The molecule has 0 aliphatic rings. The number of amides is 1. The predicted molar refractivity (Wildman–Crippen MR) is 81.9 cm³/mol. The lowest BCUT2D eigenvalue weighted by Crippen LogP contribution is -2.42. The molecule has 0 spiro atoms. The zero-order valence-electron chi connectivity index (χ0n) is 13.3. The second-order valence-electron chi connectivity index (χ2n) is 5.80. The van der Waals surface area contributed by atoms with E-state index in [0.717, 1.165) is 6.29 Å². The van der Waals surface area contributed by atoms with Gasteiger partial charge in [0, 0.05) is 18.2 Å². The van der Waals surface area contributed by atoms with Gasteiger partial charge >= 0.3 is 6.09 Å². The van der Waals surface area contributed by atoms with E-state index in [1.165, 1.54) is 4.90 Å². The fraction of sp³-hybridized carbons (Fsp3) is 0.500. The molecule has 0 saturated heterocycles. The Hall–Kier alpha value is -2.04. The Kier molecular flexibility index (Phi) is 5.76. The number of methoxy groups -OCH3 is 1. The lowest BCUT2D eigenvalue weighted by molar-refractivity contribution is -0.108. The van der Waals surface area contributed by atoms with Crippen molar-refractivity contribution in [3.8, 4) is 5.75 Å². The molecule has 21 heavy (non-hydrogen) atoms. The highest BCUT2D eigenvalue weighted by Gasteiger charge is 2.27. The minimum Gasteiger partial charge on any atom is -0.497 e. The Morgan fingerprint density at radius 3 is 2.29 bits per heavy atom. The van der Waals surface area contributed by atoms with E-state index in [-0.39, 0.29) is 12.5 Å². The average molecular weight is 293 g/mol. The van der Waals surface area contributed by atoms with Crippen molar-refractivity contribution in [3.63, 3.8) is 0 Å². The Labute approximate surface area is 125 Å². The largest absolute Gasteiger partial charge is 0.497 e. The van der Waals surface area contributed by atoms with Gasteiger partial charge in [-0.25, -0.2) is 4.79 Å². The summed E-state index contributed by atoms with van der Waals surface area (Å²) in [6, 6.07) is 6.78. The molecule has 0 bridgehead atoms. The summed E-state index contributed by atoms with van der Waals surface area (Å²) in [4.78, 5) is 24.6. The Morgan fingerprint density at radius 2 is 1.86 bits per heavy atom. The molecule has 1 aromatic carbocycles. The lowest BCUT2D eigenvalue weighted by atomic mass is 10.1. The van der Waals surface area contributed by atoms with Crippen LogP contribution in [0.3, 0.4) is 0 Å². The summed E-state index contributed by atoms with van der Waals surface area (Å²) in [5.74, 6) is 0.700. The highest BCUT2D eigenvalue weighted by atomic mass is 16.6. The smallest absolute Gasteiger partial charge is 0.415 e. The van der Waals surface area contributed by atoms with Crippen molar-refractivity contribution in [2.45, 2.75) is 45.8 Å². The number of carbonyl (C=O) groups is 2. The zero-order chi connectivity index (χ0) is 16.0. The van der Waals surface area contributed by atoms with Gasteiger partial charge in [-0.3, -0.25) is 4.90 Å². The second kappa shape index (κ2) is 7.11. The topological polar surface area (TPSA) is 55.8 Å². The molecule has 116 valence electrons. The summed E-state index contributed by atoms with van der Waals surface area (Å²) in [7, 11) is 1.58. The van der Waals surface area contributed by atoms with Gasteiger partial charge in [-0.05, 0) is 52.0 Å². The maximum absolute atomic E-state index is 12.4. The molecule has 5 nitrogen and oxygen atoms in total. The fourth-order valence-electron chi connectivity index (χ4n) is 1.84. The van der Waals surface area contributed by atoms with Crippen molar-refractivity contribution >= 4 is 18.1 Å². The Balaban J connectivity index is 3.05. The van der Waals surface area contributed by atoms with Crippen LogP contribution in [0, 0.1) is 0 Å². The number of hydrogen-bond donors (Lipinski definition) is 0. The highest BCUT2D eigenvalue weighted by molar-refractivity contribution is 5.89. The maximum Gasteiger partial charge on any atom is 0.415 e. The molecule has 0 radical (unpaired) electrons. The number of ether oxygens (including phenoxy) is 2. The van der Waals surface area contributed by atoms with Gasteiger partial charge in [0.05, 0.1) is 7.11 Å². The molecule has 0 aromatic heterocycles. The first-order valence-electron chi connectivity index (χ1n) is 6.88. The van der Waals surface area contributed by atoms with Crippen LogP contribution >= 0.6 is 0 Å². The molecule has 5 heteroatoms. The summed E-state index contributed by atoms with van der Waals surface area (Å²) in [5, 5.41) is 0. The molecule has 1 unspecified atom stereocenters. The number of benzene rings is 1. The monoisotopic (exact) mass is 293 g/mol. The number of aldehydes is 1. The van der Waals surface area contributed by atoms with Gasteiger partial charge in [-0.15, -0.1) is 0 Å². The van der Waals surface area contributed by atoms with Crippen LogP contribution in [0.5, 0.6) is 5.75 Å². The van der Waals surface area contributed by atoms with Crippen molar-refractivity contribution in [1.82, 2.24) is 0 Å². The first-order valence-corrected chi connectivity index (χ1v) is 6.88. The molecule has 1 rings (SSSR count). The number of anilines is 1. The Morgan fingerprint density at radius 1 is 1.29 bits per heavy atom. The van der Waals surface area contributed by atoms with Crippen LogP contribution in [0.2, 0.25) is 0 Å². The number of rotatable bonds is 5. The van der Waals surface area contributed by atoms with E-state index in [4.69, 9.17) is 9.47 Å². The van der Waals surface area contributed by atoms with E-state index >= 15 is 0 Å². The molecule has 0 heterocycles. The van der Waals surface area contributed by atoms with E-state index in [2.05, 4.69) is 0 Å². The number of carbonyl (C=O) groups excluding carboxylic acids is 2. The van der Waals surface area contributed by atoms with Gasteiger partial charge < -0.3 is 14.3 Å². The predicted octanol–water partition coefficient (Wildman–Crippen LogP) is 3.41. The van der Waals surface area contributed by atoms with E-state index in [9.17, 15) is 9.59 Å². The van der Waals surface area contributed by atoms with Crippen molar-refractivity contribution in [2.24, 2.45) is 0 Å². The van der Waals surface area contributed by atoms with Crippen LogP contribution in [0.15, 0.2) is 24.3 Å². The van der Waals surface area contributed by atoms with Gasteiger partial charge in [0.1, 0.15) is 17.6 Å². The maximum atomic E-state index is 12.4.